The van der Waals surface area contributed by atoms with Gasteiger partial charge in [-0.1, -0.05) is 39.5 Å². The molecule has 0 amide bonds. The lowest BCUT2D eigenvalue weighted by molar-refractivity contribution is 0.580. The van der Waals surface area contributed by atoms with Crippen molar-refractivity contribution in [2.75, 3.05) is 31.1 Å². The molecular weight excluding hydrogens is 236 g/mol. The van der Waals surface area contributed by atoms with Crippen LogP contribution in [0.4, 0.5) is 5.95 Å². The maximum Gasteiger partial charge on any atom is 0.225 e. The van der Waals surface area contributed by atoms with Gasteiger partial charge in [0, 0.05) is 44.5 Å². The van der Waals surface area contributed by atoms with Gasteiger partial charge in [-0.3, -0.25) is 0 Å². The van der Waals surface area contributed by atoms with Gasteiger partial charge in [-0.15, -0.1) is 0 Å². The standard InChI is InChI=1S/C13H18N4.C2H6/c1-11(2)3-4-12-9-15-13(16-10-12)17-7-5-14-6-8-17;1-2/h9-11,14H,5-8H2,1-2H3;1-2H3. The molecule has 1 aromatic rings. The average Bonchev–Trinajstić information content (AvgIpc) is 2.49. The number of hydrogen-bond acceptors (Lipinski definition) is 4. The smallest absolute Gasteiger partial charge is 0.225 e. The highest BCUT2D eigenvalue weighted by Crippen LogP contribution is 2.07. The molecule has 4 heteroatoms. The van der Waals surface area contributed by atoms with E-state index in [1.807, 2.05) is 13.8 Å². The molecule has 0 unspecified atom stereocenters. The fourth-order valence-corrected chi connectivity index (χ4v) is 1.64. The Morgan fingerprint density at radius 2 is 1.74 bits per heavy atom. The topological polar surface area (TPSA) is 41.1 Å². The van der Waals surface area contributed by atoms with Crippen LogP contribution in [0.3, 0.4) is 0 Å². The number of anilines is 1. The van der Waals surface area contributed by atoms with Crippen molar-refractivity contribution < 1.29 is 0 Å². The lowest BCUT2D eigenvalue weighted by Gasteiger charge is -2.27. The van der Waals surface area contributed by atoms with Crippen LogP contribution in [0.2, 0.25) is 0 Å². The summed E-state index contributed by atoms with van der Waals surface area (Å²) in [7, 11) is 0. The molecule has 0 spiro atoms. The van der Waals surface area contributed by atoms with Crippen LogP contribution in [0.1, 0.15) is 33.3 Å². The Morgan fingerprint density at radius 3 is 2.26 bits per heavy atom. The van der Waals surface area contributed by atoms with E-state index >= 15 is 0 Å². The Morgan fingerprint density at radius 1 is 1.16 bits per heavy atom. The molecule has 0 atom stereocenters. The van der Waals surface area contributed by atoms with E-state index in [2.05, 4.69) is 45.9 Å². The molecule has 1 saturated heterocycles. The summed E-state index contributed by atoms with van der Waals surface area (Å²) in [5, 5.41) is 3.31. The van der Waals surface area contributed by atoms with Crippen molar-refractivity contribution in [2.45, 2.75) is 27.7 Å². The average molecular weight is 260 g/mol. The van der Waals surface area contributed by atoms with E-state index in [0.29, 0.717) is 5.92 Å². The van der Waals surface area contributed by atoms with E-state index in [1.54, 1.807) is 12.4 Å². The quantitative estimate of drug-likeness (QED) is 0.783. The summed E-state index contributed by atoms with van der Waals surface area (Å²) in [4.78, 5) is 10.9. The molecule has 19 heavy (non-hydrogen) atoms. The predicted molar refractivity (Wildman–Crippen MR) is 80.2 cm³/mol. The second-order valence-corrected chi connectivity index (χ2v) is 4.43. The van der Waals surface area contributed by atoms with Crippen LogP contribution in [0.25, 0.3) is 0 Å². The highest BCUT2D eigenvalue weighted by molar-refractivity contribution is 5.36. The third-order valence-electron chi connectivity index (χ3n) is 2.54. The van der Waals surface area contributed by atoms with Crippen molar-refractivity contribution in [1.82, 2.24) is 15.3 Å². The number of piperazine rings is 1. The van der Waals surface area contributed by atoms with Gasteiger partial charge in [0.1, 0.15) is 0 Å². The number of nitrogens with one attached hydrogen (secondary N) is 1. The van der Waals surface area contributed by atoms with E-state index in [1.165, 1.54) is 0 Å². The molecule has 1 fully saturated rings. The van der Waals surface area contributed by atoms with Gasteiger partial charge in [-0.25, -0.2) is 9.97 Å². The number of aromatic nitrogens is 2. The summed E-state index contributed by atoms with van der Waals surface area (Å²) in [5.41, 5.74) is 0.887. The summed E-state index contributed by atoms with van der Waals surface area (Å²) >= 11 is 0. The second kappa shape index (κ2) is 8.49. The minimum atomic E-state index is 0.378. The highest BCUT2D eigenvalue weighted by atomic mass is 15.3. The molecule has 0 aromatic carbocycles. The van der Waals surface area contributed by atoms with Crippen molar-refractivity contribution in [3.05, 3.63) is 18.0 Å². The summed E-state index contributed by atoms with van der Waals surface area (Å²) < 4.78 is 0. The number of hydrogen-bond donors (Lipinski definition) is 1. The van der Waals surface area contributed by atoms with Gasteiger partial charge in [0.15, 0.2) is 0 Å². The summed E-state index contributed by atoms with van der Waals surface area (Å²) in [5.74, 6) is 7.36. The number of nitrogens with zero attached hydrogens (tertiary/aromatic N) is 3. The Bertz CT molecular complexity index is 408. The fraction of sp³-hybridized carbons (Fsp3) is 0.600. The molecule has 0 aliphatic carbocycles. The Balaban J connectivity index is 0.000000861. The summed E-state index contributed by atoms with van der Waals surface area (Å²) in [6.45, 7) is 12.1. The minimum absolute atomic E-state index is 0.378. The number of rotatable bonds is 1. The van der Waals surface area contributed by atoms with Crippen LogP contribution in [-0.4, -0.2) is 36.1 Å². The Kier molecular flexibility index (Phi) is 6.91. The van der Waals surface area contributed by atoms with Crippen molar-refractivity contribution in [2.24, 2.45) is 5.92 Å². The molecule has 4 nitrogen and oxygen atoms in total. The van der Waals surface area contributed by atoms with Gasteiger partial charge in [-0.05, 0) is 0 Å². The van der Waals surface area contributed by atoms with E-state index < -0.39 is 0 Å². The van der Waals surface area contributed by atoms with Crippen LogP contribution >= 0.6 is 0 Å². The largest absolute Gasteiger partial charge is 0.338 e. The molecule has 1 aliphatic rings. The molecule has 2 heterocycles. The molecule has 0 radical (unpaired) electrons. The third kappa shape index (κ3) is 5.27. The zero-order valence-electron chi connectivity index (χ0n) is 12.4. The molecule has 0 saturated carbocycles. The first-order valence-corrected chi connectivity index (χ1v) is 7.05. The van der Waals surface area contributed by atoms with Crippen molar-refractivity contribution >= 4 is 5.95 Å². The second-order valence-electron chi connectivity index (χ2n) is 4.43. The molecule has 104 valence electrons. The predicted octanol–water partition coefficient (Wildman–Crippen LogP) is 1.92. The van der Waals surface area contributed by atoms with Crippen molar-refractivity contribution in [3.63, 3.8) is 0 Å². The van der Waals surface area contributed by atoms with Gasteiger partial charge < -0.3 is 10.2 Å². The maximum atomic E-state index is 4.36. The van der Waals surface area contributed by atoms with Gasteiger partial charge in [0.2, 0.25) is 5.95 Å². The van der Waals surface area contributed by atoms with Gasteiger partial charge in [0.05, 0.1) is 5.56 Å². The molecule has 0 bridgehead atoms. The van der Waals surface area contributed by atoms with E-state index in [4.69, 9.17) is 0 Å². The maximum absolute atomic E-state index is 4.36. The summed E-state index contributed by atoms with van der Waals surface area (Å²) in [6.07, 6.45) is 3.61. The zero-order chi connectivity index (χ0) is 14.1. The summed E-state index contributed by atoms with van der Waals surface area (Å²) in [6, 6.07) is 0. The minimum Gasteiger partial charge on any atom is -0.338 e. The molecule has 1 N–H and O–H groups in total. The molecule has 1 aliphatic heterocycles. The Labute approximate surface area is 116 Å². The van der Waals surface area contributed by atoms with Crippen LogP contribution in [0, 0.1) is 17.8 Å². The molecule has 1 aromatic heterocycles. The van der Waals surface area contributed by atoms with Crippen LogP contribution in [0.15, 0.2) is 12.4 Å². The first-order chi connectivity index (χ1) is 9.25. The first-order valence-electron chi connectivity index (χ1n) is 7.05. The van der Waals surface area contributed by atoms with E-state index in [0.717, 1.165) is 37.7 Å². The van der Waals surface area contributed by atoms with Crippen LogP contribution < -0.4 is 10.2 Å². The van der Waals surface area contributed by atoms with Gasteiger partial charge >= 0.3 is 0 Å². The molecular formula is C15H24N4. The third-order valence-corrected chi connectivity index (χ3v) is 2.54. The van der Waals surface area contributed by atoms with Gasteiger partial charge in [0.25, 0.3) is 0 Å². The van der Waals surface area contributed by atoms with Gasteiger partial charge in [-0.2, -0.15) is 0 Å². The molecule has 2 rings (SSSR count). The first kappa shape index (κ1) is 15.5. The lowest BCUT2D eigenvalue weighted by Crippen LogP contribution is -2.44. The monoisotopic (exact) mass is 260 g/mol. The SMILES string of the molecule is CC.CC(C)C#Cc1cnc(N2CCNCC2)nc1. The lowest BCUT2D eigenvalue weighted by atomic mass is 10.2. The zero-order valence-corrected chi connectivity index (χ0v) is 12.4. The van der Waals surface area contributed by atoms with Crippen LogP contribution in [0.5, 0.6) is 0 Å². The van der Waals surface area contributed by atoms with Crippen molar-refractivity contribution in [3.8, 4) is 11.8 Å². The van der Waals surface area contributed by atoms with Crippen LogP contribution in [-0.2, 0) is 0 Å². The van der Waals surface area contributed by atoms with Crippen molar-refractivity contribution in [1.29, 1.82) is 0 Å². The fourth-order valence-electron chi connectivity index (χ4n) is 1.64. The van der Waals surface area contributed by atoms with E-state index in [-0.39, 0.29) is 0 Å². The Hall–Kier alpha value is -1.60. The normalized spacial score (nSPS) is 14.3. The van der Waals surface area contributed by atoms with E-state index in [9.17, 15) is 0 Å². The highest BCUT2D eigenvalue weighted by Gasteiger charge is 2.11.